The van der Waals surface area contributed by atoms with Gasteiger partial charge in [-0.15, -0.1) is 0 Å². The summed E-state index contributed by atoms with van der Waals surface area (Å²) in [6, 6.07) is 28.9. The number of hydrogen-bond donors (Lipinski definition) is 1. The molecule has 5 rings (SSSR count). The average molecular weight is 567 g/mol. The quantitative estimate of drug-likeness (QED) is 0.178. The molecule has 0 amide bonds. The third-order valence-electron chi connectivity index (χ3n) is 6.41. The van der Waals surface area contributed by atoms with Crippen molar-refractivity contribution in [1.82, 2.24) is 0 Å². The van der Waals surface area contributed by atoms with E-state index in [2.05, 4.69) is 6.07 Å². The summed E-state index contributed by atoms with van der Waals surface area (Å²) < 4.78 is 23.0. The van der Waals surface area contributed by atoms with E-state index >= 15 is 0 Å². The highest BCUT2D eigenvalue weighted by atomic mass is 35.5. The number of rotatable bonds is 8. The zero-order chi connectivity index (χ0) is 28.9. The zero-order valence-electron chi connectivity index (χ0n) is 22.5. The molecule has 1 unspecified atom stereocenters. The highest BCUT2D eigenvalue weighted by molar-refractivity contribution is 6.31. The number of halogens is 1. The molecule has 0 fully saturated rings. The predicted molar refractivity (Wildman–Crippen MR) is 155 cm³/mol. The third kappa shape index (κ3) is 6.29. The summed E-state index contributed by atoms with van der Waals surface area (Å²) in [4.78, 5) is 12.8. The van der Waals surface area contributed by atoms with Crippen molar-refractivity contribution in [3.63, 3.8) is 0 Å². The maximum atomic E-state index is 12.8. The van der Waals surface area contributed by atoms with Gasteiger partial charge >= 0.3 is 5.97 Å². The van der Waals surface area contributed by atoms with E-state index in [4.69, 9.17) is 36.3 Å². The van der Waals surface area contributed by atoms with Crippen molar-refractivity contribution in [2.75, 3.05) is 0 Å². The molecule has 0 saturated carbocycles. The lowest BCUT2D eigenvalue weighted by Gasteiger charge is -2.27. The molecular weight excluding hydrogens is 540 g/mol. The van der Waals surface area contributed by atoms with Gasteiger partial charge in [0.15, 0.2) is 0 Å². The van der Waals surface area contributed by atoms with Gasteiger partial charge in [0.1, 0.15) is 41.2 Å². The molecule has 1 atom stereocenters. The van der Waals surface area contributed by atoms with E-state index in [1.54, 1.807) is 42.5 Å². The fourth-order valence-electron chi connectivity index (χ4n) is 4.51. The van der Waals surface area contributed by atoms with Gasteiger partial charge in [-0.25, -0.2) is 4.79 Å². The van der Waals surface area contributed by atoms with Crippen LogP contribution >= 0.6 is 11.6 Å². The maximum absolute atomic E-state index is 12.8. The maximum Gasteiger partial charge on any atom is 0.343 e. The Morgan fingerprint density at radius 3 is 2.46 bits per heavy atom. The minimum Gasteiger partial charge on any atom is -0.491 e. The van der Waals surface area contributed by atoms with Crippen molar-refractivity contribution in [2.24, 2.45) is 5.73 Å². The van der Waals surface area contributed by atoms with Gasteiger partial charge in [0.25, 0.3) is 0 Å². The fourth-order valence-corrected chi connectivity index (χ4v) is 4.70. The molecule has 0 radical (unpaired) electrons. The number of allylic oxidation sites excluding steroid dienone is 1. The summed E-state index contributed by atoms with van der Waals surface area (Å²) in [5, 5.41) is 10.6. The number of carbonyl (C=O) groups is 1. The smallest absolute Gasteiger partial charge is 0.343 e. The Morgan fingerprint density at radius 1 is 0.976 bits per heavy atom. The van der Waals surface area contributed by atoms with Gasteiger partial charge in [0.2, 0.25) is 5.88 Å². The highest BCUT2D eigenvalue weighted by Gasteiger charge is 2.31. The van der Waals surface area contributed by atoms with Crippen molar-refractivity contribution >= 4 is 17.6 Å². The van der Waals surface area contributed by atoms with Gasteiger partial charge < -0.3 is 24.7 Å². The van der Waals surface area contributed by atoms with E-state index in [1.165, 1.54) is 0 Å². The number of benzene rings is 4. The molecule has 0 spiro atoms. The Kier molecular flexibility index (Phi) is 8.14. The Bertz CT molecular complexity index is 1660. The van der Waals surface area contributed by atoms with Crippen molar-refractivity contribution in [2.45, 2.75) is 32.5 Å². The number of hydrogen-bond acceptors (Lipinski definition) is 7. The van der Waals surface area contributed by atoms with Gasteiger partial charge in [-0.05, 0) is 67.9 Å². The molecule has 4 aromatic carbocycles. The molecule has 0 bridgehead atoms. The zero-order valence-corrected chi connectivity index (χ0v) is 23.2. The fraction of sp³-hybridized carbons (Fsp3) is 0.152. The summed E-state index contributed by atoms with van der Waals surface area (Å²) in [5.41, 5.74) is 9.18. The summed E-state index contributed by atoms with van der Waals surface area (Å²) in [6.07, 6.45) is 0.0264. The third-order valence-corrected chi connectivity index (χ3v) is 6.78. The van der Waals surface area contributed by atoms with Gasteiger partial charge in [-0.1, -0.05) is 48.0 Å². The van der Waals surface area contributed by atoms with E-state index in [0.717, 1.165) is 11.1 Å². The lowest BCUT2D eigenvalue weighted by Crippen LogP contribution is -2.21. The molecule has 0 aliphatic carbocycles. The van der Waals surface area contributed by atoms with Crippen LogP contribution < -0.4 is 24.7 Å². The van der Waals surface area contributed by atoms with E-state index in [-0.39, 0.29) is 23.3 Å². The minimum atomic E-state index is -0.530. The standard InChI is InChI=1S/C33H27ClN2O5/c1-20(2)39-24-12-10-21(11-13-24)33(37)40-26-14-15-27-30(17-26)41-32(36)28(18-35)31(27)22-7-5-8-25(16-22)38-19-23-6-3-4-9-29(23)34/h3-17,20,31H,19,36H2,1-2H3. The van der Waals surface area contributed by atoms with Gasteiger partial charge in [-0.3, -0.25) is 0 Å². The molecule has 4 aromatic rings. The molecule has 7 nitrogen and oxygen atoms in total. The lowest BCUT2D eigenvalue weighted by atomic mass is 9.83. The van der Waals surface area contributed by atoms with Crippen LogP contribution in [0.5, 0.6) is 23.0 Å². The number of nitrogens with two attached hydrogens (primary N) is 1. The van der Waals surface area contributed by atoms with Crippen molar-refractivity contribution in [3.05, 3.63) is 130 Å². The average Bonchev–Trinajstić information content (AvgIpc) is 2.96. The molecule has 41 heavy (non-hydrogen) atoms. The van der Waals surface area contributed by atoms with Gasteiger partial charge in [0.05, 0.1) is 17.6 Å². The number of ether oxygens (including phenoxy) is 4. The van der Waals surface area contributed by atoms with E-state index in [1.807, 2.05) is 62.4 Å². The Labute approximate surface area is 243 Å². The molecule has 2 N–H and O–H groups in total. The van der Waals surface area contributed by atoms with Crippen LogP contribution in [-0.4, -0.2) is 12.1 Å². The van der Waals surface area contributed by atoms with Gasteiger partial charge in [-0.2, -0.15) is 5.26 Å². The monoisotopic (exact) mass is 566 g/mol. The first kappa shape index (κ1) is 27.6. The Balaban J connectivity index is 1.38. The topological polar surface area (TPSA) is 104 Å². The largest absolute Gasteiger partial charge is 0.491 e. The minimum absolute atomic E-state index is 0.0170. The second kappa shape index (κ2) is 12.1. The van der Waals surface area contributed by atoms with Crippen molar-refractivity contribution in [3.8, 4) is 29.1 Å². The van der Waals surface area contributed by atoms with Crippen LogP contribution in [0.3, 0.4) is 0 Å². The van der Waals surface area contributed by atoms with Gasteiger partial charge in [0, 0.05) is 22.2 Å². The summed E-state index contributed by atoms with van der Waals surface area (Å²) in [5.74, 6) is 0.890. The number of nitrogens with zero attached hydrogens (tertiary/aromatic N) is 1. The normalized spacial score (nSPS) is 14.1. The second-order valence-corrected chi connectivity index (χ2v) is 10.1. The number of fused-ring (bicyclic) bond motifs is 1. The van der Waals surface area contributed by atoms with Crippen LogP contribution in [-0.2, 0) is 6.61 Å². The predicted octanol–water partition coefficient (Wildman–Crippen LogP) is 7.14. The number of nitriles is 1. The van der Waals surface area contributed by atoms with Crippen LogP contribution in [0.2, 0.25) is 5.02 Å². The highest BCUT2D eigenvalue weighted by Crippen LogP contribution is 2.44. The summed E-state index contributed by atoms with van der Waals surface area (Å²) in [6.45, 7) is 4.15. The molecule has 0 saturated heterocycles. The van der Waals surface area contributed by atoms with E-state index in [9.17, 15) is 10.1 Å². The number of esters is 1. The lowest BCUT2D eigenvalue weighted by molar-refractivity contribution is 0.0734. The van der Waals surface area contributed by atoms with Crippen LogP contribution in [0.4, 0.5) is 0 Å². The molecule has 0 aromatic heterocycles. The van der Waals surface area contributed by atoms with Crippen molar-refractivity contribution < 1.29 is 23.7 Å². The van der Waals surface area contributed by atoms with Crippen LogP contribution in [0.25, 0.3) is 0 Å². The Hall–Kier alpha value is -4.93. The molecule has 206 valence electrons. The molecule has 8 heteroatoms. The number of carbonyl (C=O) groups excluding carboxylic acids is 1. The van der Waals surface area contributed by atoms with E-state index < -0.39 is 11.9 Å². The van der Waals surface area contributed by atoms with E-state index in [0.29, 0.717) is 40.0 Å². The molecule has 1 heterocycles. The molecule has 1 aliphatic heterocycles. The molecular formula is C33H27ClN2O5. The summed E-state index contributed by atoms with van der Waals surface area (Å²) >= 11 is 6.27. The summed E-state index contributed by atoms with van der Waals surface area (Å²) in [7, 11) is 0. The first-order chi connectivity index (χ1) is 19.8. The SMILES string of the molecule is CC(C)Oc1ccc(C(=O)Oc2ccc3c(c2)OC(N)=C(C#N)C3c2cccc(OCc3ccccc3Cl)c2)cc1. The van der Waals surface area contributed by atoms with Crippen LogP contribution in [0.15, 0.2) is 102 Å². The van der Waals surface area contributed by atoms with Crippen molar-refractivity contribution in [1.29, 1.82) is 5.26 Å². The van der Waals surface area contributed by atoms with Crippen LogP contribution in [0.1, 0.15) is 46.8 Å². The first-order valence-corrected chi connectivity index (χ1v) is 13.4. The Morgan fingerprint density at radius 2 is 1.73 bits per heavy atom. The van der Waals surface area contributed by atoms with Crippen LogP contribution in [0, 0.1) is 11.3 Å². The second-order valence-electron chi connectivity index (χ2n) is 9.66. The first-order valence-electron chi connectivity index (χ1n) is 13.0. The molecule has 1 aliphatic rings.